The van der Waals surface area contributed by atoms with Crippen LogP contribution in [0.3, 0.4) is 0 Å². The molecule has 1 atom stereocenters. The van der Waals surface area contributed by atoms with Crippen molar-refractivity contribution in [3.63, 3.8) is 0 Å². The fraction of sp³-hybridized carbons (Fsp3) is 0.500. The van der Waals surface area contributed by atoms with Crippen LogP contribution in [-0.4, -0.2) is 48.0 Å². The van der Waals surface area contributed by atoms with Crippen molar-refractivity contribution in [3.05, 3.63) is 65.5 Å². The summed E-state index contributed by atoms with van der Waals surface area (Å²) in [5, 5.41) is 0. The second kappa shape index (κ2) is 9.52. The van der Waals surface area contributed by atoms with E-state index in [1.54, 1.807) is 6.07 Å². The lowest BCUT2D eigenvalue weighted by Gasteiger charge is -2.34. The number of rotatable bonds is 7. The summed E-state index contributed by atoms with van der Waals surface area (Å²) >= 11 is 0. The minimum Gasteiger partial charge on any atom is -0.303 e. The zero-order valence-electron chi connectivity index (χ0n) is 16.3. The van der Waals surface area contributed by atoms with Gasteiger partial charge in [0, 0.05) is 32.4 Å². The highest BCUT2D eigenvalue weighted by atomic mass is 19.4. The predicted octanol–water partition coefficient (Wildman–Crippen LogP) is 4.49. The van der Waals surface area contributed by atoms with Crippen molar-refractivity contribution in [1.29, 1.82) is 0 Å². The van der Waals surface area contributed by atoms with Crippen molar-refractivity contribution in [2.75, 3.05) is 33.2 Å². The van der Waals surface area contributed by atoms with E-state index in [9.17, 15) is 13.2 Å². The van der Waals surface area contributed by atoms with E-state index in [4.69, 9.17) is 0 Å². The molecule has 1 aliphatic rings. The third-order valence-corrected chi connectivity index (χ3v) is 5.30. The Kier molecular flexibility index (Phi) is 7.08. The smallest absolute Gasteiger partial charge is 0.303 e. The molecule has 1 fully saturated rings. The summed E-state index contributed by atoms with van der Waals surface area (Å²) in [6.07, 6.45) is 0.543. The number of nitrogens with zero attached hydrogens (tertiary/aromatic N) is 3. The Morgan fingerprint density at radius 3 is 2.79 bits per heavy atom. The summed E-state index contributed by atoms with van der Waals surface area (Å²) in [5.41, 5.74) is 1.27. The van der Waals surface area contributed by atoms with Gasteiger partial charge < -0.3 is 9.80 Å². The molecule has 6 heteroatoms. The Balaban J connectivity index is 1.47. The second-order valence-corrected chi connectivity index (χ2v) is 7.77. The summed E-state index contributed by atoms with van der Waals surface area (Å²) in [6.45, 7) is 4.69. The van der Waals surface area contributed by atoms with Crippen LogP contribution in [0.5, 0.6) is 0 Å². The zero-order valence-corrected chi connectivity index (χ0v) is 16.3. The highest BCUT2D eigenvalue weighted by Crippen LogP contribution is 2.29. The quantitative estimate of drug-likeness (QED) is 0.693. The molecule has 0 spiro atoms. The van der Waals surface area contributed by atoms with Gasteiger partial charge in [-0.2, -0.15) is 13.2 Å². The summed E-state index contributed by atoms with van der Waals surface area (Å²) in [5.74, 6) is 0.587. The summed E-state index contributed by atoms with van der Waals surface area (Å²) in [4.78, 5) is 9.08. The van der Waals surface area contributed by atoms with Gasteiger partial charge in [-0.25, -0.2) is 0 Å². The van der Waals surface area contributed by atoms with Crippen molar-refractivity contribution >= 4 is 0 Å². The normalized spacial score (nSPS) is 18.5. The highest BCUT2D eigenvalue weighted by Gasteiger charge is 2.30. The molecule has 1 saturated heterocycles. The van der Waals surface area contributed by atoms with Gasteiger partial charge in [-0.15, -0.1) is 0 Å². The molecule has 152 valence electrons. The molecule has 1 aromatic heterocycles. The summed E-state index contributed by atoms with van der Waals surface area (Å²) in [6, 6.07) is 11.7. The number of piperidine rings is 1. The number of hydrogen-bond donors (Lipinski definition) is 0. The summed E-state index contributed by atoms with van der Waals surface area (Å²) in [7, 11) is 2.12. The first kappa shape index (κ1) is 20.8. The molecular formula is C22H28F3N3. The van der Waals surface area contributed by atoms with E-state index in [1.165, 1.54) is 18.6 Å². The molecule has 0 radical (unpaired) electrons. The van der Waals surface area contributed by atoms with Gasteiger partial charge in [0.1, 0.15) is 0 Å². The number of hydrogen-bond acceptors (Lipinski definition) is 3. The van der Waals surface area contributed by atoms with E-state index in [1.807, 2.05) is 24.4 Å². The molecule has 3 nitrogen and oxygen atoms in total. The van der Waals surface area contributed by atoms with Crippen LogP contribution in [0.15, 0.2) is 48.7 Å². The number of benzene rings is 1. The predicted molar refractivity (Wildman–Crippen MR) is 105 cm³/mol. The largest absolute Gasteiger partial charge is 0.416 e. The average molecular weight is 391 g/mol. The van der Waals surface area contributed by atoms with Gasteiger partial charge in [-0.1, -0.05) is 24.3 Å². The number of aromatic nitrogens is 1. The molecule has 0 saturated carbocycles. The molecule has 0 N–H and O–H groups in total. The molecular weight excluding hydrogens is 363 g/mol. The van der Waals surface area contributed by atoms with Gasteiger partial charge in [-0.05, 0) is 62.5 Å². The van der Waals surface area contributed by atoms with Crippen molar-refractivity contribution in [1.82, 2.24) is 14.8 Å². The lowest BCUT2D eigenvalue weighted by Crippen LogP contribution is -2.40. The first-order valence-electron chi connectivity index (χ1n) is 9.87. The zero-order chi connectivity index (χ0) is 20.0. The molecule has 1 unspecified atom stereocenters. The topological polar surface area (TPSA) is 19.4 Å². The fourth-order valence-corrected chi connectivity index (χ4v) is 3.97. The third kappa shape index (κ3) is 6.31. The molecule has 2 aromatic rings. The van der Waals surface area contributed by atoms with Crippen LogP contribution >= 0.6 is 0 Å². The lowest BCUT2D eigenvalue weighted by atomic mass is 9.97. The summed E-state index contributed by atoms with van der Waals surface area (Å²) < 4.78 is 38.6. The van der Waals surface area contributed by atoms with Crippen LogP contribution in [0, 0.1) is 5.92 Å². The molecule has 3 rings (SSSR count). The van der Waals surface area contributed by atoms with E-state index in [-0.39, 0.29) is 0 Å². The number of alkyl halides is 3. The van der Waals surface area contributed by atoms with E-state index >= 15 is 0 Å². The lowest BCUT2D eigenvalue weighted by molar-refractivity contribution is -0.137. The van der Waals surface area contributed by atoms with Crippen molar-refractivity contribution in [2.24, 2.45) is 5.92 Å². The number of halogens is 3. The first-order chi connectivity index (χ1) is 13.4. The molecule has 2 heterocycles. The van der Waals surface area contributed by atoms with Crippen molar-refractivity contribution < 1.29 is 13.2 Å². The van der Waals surface area contributed by atoms with Crippen LogP contribution in [0.1, 0.15) is 29.7 Å². The molecule has 1 aromatic carbocycles. The van der Waals surface area contributed by atoms with E-state index in [0.29, 0.717) is 12.3 Å². The highest BCUT2D eigenvalue weighted by molar-refractivity contribution is 5.25. The molecule has 0 amide bonds. The standard InChI is InChI=1S/C22H28F3N3/c1-27(17-21-9-2-3-11-26-21)15-19-7-5-12-28(16-19)13-10-18-6-4-8-20(14-18)22(23,24)25/h2-4,6,8-9,11,14,19H,5,7,10,12-13,15-17H2,1H3. The maximum absolute atomic E-state index is 12.9. The van der Waals surface area contributed by atoms with Crippen molar-refractivity contribution in [2.45, 2.75) is 32.0 Å². The third-order valence-electron chi connectivity index (χ3n) is 5.30. The van der Waals surface area contributed by atoms with Crippen LogP contribution in [-0.2, 0) is 19.1 Å². The van der Waals surface area contributed by atoms with Gasteiger partial charge in [0.05, 0.1) is 11.3 Å². The van der Waals surface area contributed by atoms with Crippen LogP contribution < -0.4 is 0 Å². The first-order valence-corrected chi connectivity index (χ1v) is 9.87. The van der Waals surface area contributed by atoms with Crippen molar-refractivity contribution in [3.8, 4) is 0 Å². The minimum absolute atomic E-state index is 0.558. The van der Waals surface area contributed by atoms with Gasteiger partial charge in [-0.3, -0.25) is 4.98 Å². The Labute approximate surface area is 165 Å². The Hall–Kier alpha value is -1.92. The Morgan fingerprint density at radius 2 is 2.04 bits per heavy atom. The van der Waals surface area contributed by atoms with Crippen LogP contribution in [0.4, 0.5) is 13.2 Å². The fourth-order valence-electron chi connectivity index (χ4n) is 3.97. The second-order valence-electron chi connectivity index (χ2n) is 7.77. The van der Waals surface area contributed by atoms with E-state index in [0.717, 1.165) is 56.5 Å². The average Bonchev–Trinajstić information content (AvgIpc) is 2.67. The maximum Gasteiger partial charge on any atom is 0.416 e. The minimum atomic E-state index is -4.27. The Morgan fingerprint density at radius 1 is 1.18 bits per heavy atom. The molecule has 0 aliphatic carbocycles. The monoisotopic (exact) mass is 391 g/mol. The number of likely N-dealkylation sites (tertiary alicyclic amines) is 1. The van der Waals surface area contributed by atoms with E-state index in [2.05, 4.69) is 21.8 Å². The van der Waals surface area contributed by atoms with Gasteiger partial charge >= 0.3 is 6.18 Å². The van der Waals surface area contributed by atoms with E-state index < -0.39 is 11.7 Å². The molecule has 1 aliphatic heterocycles. The van der Waals surface area contributed by atoms with Gasteiger partial charge in [0.2, 0.25) is 0 Å². The molecule has 0 bridgehead atoms. The maximum atomic E-state index is 12.9. The SMILES string of the molecule is CN(Cc1ccccn1)CC1CCCN(CCc2cccc(C(F)(F)F)c2)C1. The van der Waals surface area contributed by atoms with Crippen LogP contribution in [0.2, 0.25) is 0 Å². The molecule has 28 heavy (non-hydrogen) atoms. The Bertz CT molecular complexity index is 733. The van der Waals surface area contributed by atoms with Crippen LogP contribution in [0.25, 0.3) is 0 Å². The number of pyridine rings is 1. The van der Waals surface area contributed by atoms with Gasteiger partial charge in [0.25, 0.3) is 0 Å². The van der Waals surface area contributed by atoms with Gasteiger partial charge in [0.15, 0.2) is 0 Å².